The van der Waals surface area contributed by atoms with Crippen LogP contribution in [0.5, 0.6) is 0 Å². The molecule has 1 saturated heterocycles. The van der Waals surface area contributed by atoms with Gasteiger partial charge in [-0.25, -0.2) is 0 Å². The van der Waals surface area contributed by atoms with Crippen molar-refractivity contribution in [2.45, 2.75) is 18.9 Å². The van der Waals surface area contributed by atoms with E-state index in [0.717, 1.165) is 19.5 Å². The van der Waals surface area contributed by atoms with E-state index < -0.39 is 0 Å². The normalized spacial score (nSPS) is 20.7. The summed E-state index contributed by atoms with van der Waals surface area (Å²) in [4.78, 5) is 16.7. The zero-order chi connectivity index (χ0) is 13.8. The summed E-state index contributed by atoms with van der Waals surface area (Å²) < 4.78 is 0. The smallest absolute Gasteiger partial charge is 0.178 e. The highest BCUT2D eigenvalue weighted by molar-refractivity contribution is 6.34. The second-order valence-corrected chi connectivity index (χ2v) is 5.78. The highest BCUT2D eigenvalue weighted by Gasteiger charge is 2.23. The molecule has 1 aromatic rings. The van der Waals surface area contributed by atoms with E-state index in [4.69, 9.17) is 11.6 Å². The summed E-state index contributed by atoms with van der Waals surface area (Å²) in [6.07, 6.45) is 2.36. The maximum atomic E-state index is 12.3. The van der Waals surface area contributed by atoms with Gasteiger partial charge in [-0.2, -0.15) is 0 Å². The molecule has 104 valence electrons. The van der Waals surface area contributed by atoms with Gasteiger partial charge >= 0.3 is 0 Å². The van der Waals surface area contributed by atoms with Crippen LogP contribution >= 0.6 is 11.6 Å². The van der Waals surface area contributed by atoms with E-state index in [9.17, 15) is 4.79 Å². The van der Waals surface area contributed by atoms with Crippen molar-refractivity contribution in [1.29, 1.82) is 0 Å². The Kier molecular flexibility index (Phi) is 4.97. The van der Waals surface area contributed by atoms with Gasteiger partial charge < -0.3 is 4.90 Å². The van der Waals surface area contributed by atoms with E-state index in [1.807, 2.05) is 19.2 Å². The van der Waals surface area contributed by atoms with Crippen molar-refractivity contribution in [3.8, 4) is 0 Å². The van der Waals surface area contributed by atoms with Gasteiger partial charge in [0.25, 0.3) is 0 Å². The summed E-state index contributed by atoms with van der Waals surface area (Å²) >= 11 is 6.06. The third-order valence-corrected chi connectivity index (χ3v) is 4.12. The number of Topliss-reactive ketones (excluding diaryl/α,β-unsaturated/α-hetero) is 1. The van der Waals surface area contributed by atoms with E-state index in [2.05, 4.69) is 16.8 Å². The number of piperidine rings is 1. The van der Waals surface area contributed by atoms with Gasteiger partial charge in [0.15, 0.2) is 5.78 Å². The number of nitrogens with zero attached hydrogens (tertiary/aromatic N) is 2. The molecule has 0 spiro atoms. The van der Waals surface area contributed by atoms with Crippen LogP contribution in [0.3, 0.4) is 0 Å². The molecule has 3 nitrogen and oxygen atoms in total. The van der Waals surface area contributed by atoms with Crippen molar-refractivity contribution >= 4 is 17.4 Å². The lowest BCUT2D eigenvalue weighted by atomic mass is 10.0. The molecule has 1 unspecified atom stereocenters. The lowest BCUT2D eigenvalue weighted by Crippen LogP contribution is -2.46. The van der Waals surface area contributed by atoms with Gasteiger partial charge in [-0.15, -0.1) is 0 Å². The minimum Gasteiger partial charge on any atom is -0.305 e. The quantitative estimate of drug-likeness (QED) is 0.792. The number of carbonyl (C=O) groups excluding carboxylic acids is 1. The molecule has 0 saturated carbocycles. The molecule has 1 aliphatic heterocycles. The first kappa shape index (κ1) is 14.5. The Morgan fingerprint density at radius 3 is 2.89 bits per heavy atom. The highest BCUT2D eigenvalue weighted by atomic mass is 35.5. The van der Waals surface area contributed by atoms with Crippen molar-refractivity contribution in [1.82, 2.24) is 9.80 Å². The molecule has 19 heavy (non-hydrogen) atoms. The molecule has 1 aliphatic rings. The first-order chi connectivity index (χ1) is 9.08. The predicted octanol–water partition coefficient (Wildman–Crippen LogP) is 2.55. The van der Waals surface area contributed by atoms with Crippen LogP contribution in [0.15, 0.2) is 24.3 Å². The number of benzene rings is 1. The summed E-state index contributed by atoms with van der Waals surface area (Å²) in [5, 5.41) is 0.543. The Labute approximate surface area is 120 Å². The maximum absolute atomic E-state index is 12.3. The molecule has 0 bridgehead atoms. The molecule has 0 N–H and O–H groups in total. The molecule has 1 atom stereocenters. The number of hydrogen-bond acceptors (Lipinski definition) is 3. The third kappa shape index (κ3) is 3.78. The van der Waals surface area contributed by atoms with Crippen molar-refractivity contribution in [2.24, 2.45) is 0 Å². The van der Waals surface area contributed by atoms with Crippen LogP contribution in [-0.4, -0.2) is 55.4 Å². The number of ketones is 1. The van der Waals surface area contributed by atoms with Gasteiger partial charge in [-0.05, 0) is 45.6 Å². The van der Waals surface area contributed by atoms with Crippen LogP contribution in [0.25, 0.3) is 0 Å². The van der Waals surface area contributed by atoms with Crippen molar-refractivity contribution in [3.63, 3.8) is 0 Å². The molecule has 0 amide bonds. The SMILES string of the molecule is CN1CCCC(N(C)CC(=O)c2ccccc2Cl)C1. The number of hydrogen-bond donors (Lipinski definition) is 0. The zero-order valence-electron chi connectivity index (χ0n) is 11.6. The lowest BCUT2D eigenvalue weighted by molar-refractivity contribution is 0.0857. The number of likely N-dealkylation sites (tertiary alicyclic amines) is 1. The van der Waals surface area contributed by atoms with E-state index in [1.54, 1.807) is 12.1 Å². The van der Waals surface area contributed by atoms with E-state index >= 15 is 0 Å². The third-order valence-electron chi connectivity index (χ3n) is 3.79. The van der Waals surface area contributed by atoms with E-state index in [1.165, 1.54) is 6.42 Å². The molecule has 2 rings (SSSR count). The molecular weight excluding hydrogens is 260 g/mol. The first-order valence-corrected chi connectivity index (χ1v) is 7.12. The van der Waals surface area contributed by atoms with Gasteiger partial charge in [0.1, 0.15) is 0 Å². The Morgan fingerprint density at radius 1 is 1.47 bits per heavy atom. The lowest BCUT2D eigenvalue weighted by Gasteiger charge is -2.35. The zero-order valence-corrected chi connectivity index (χ0v) is 12.4. The topological polar surface area (TPSA) is 23.6 Å². The fourth-order valence-electron chi connectivity index (χ4n) is 2.63. The number of carbonyl (C=O) groups is 1. The highest BCUT2D eigenvalue weighted by Crippen LogP contribution is 2.18. The van der Waals surface area contributed by atoms with Gasteiger partial charge in [0.05, 0.1) is 11.6 Å². The molecule has 0 aliphatic carbocycles. The van der Waals surface area contributed by atoms with Crippen LogP contribution < -0.4 is 0 Å². The van der Waals surface area contributed by atoms with E-state index in [0.29, 0.717) is 23.2 Å². The Balaban J connectivity index is 1.97. The van der Waals surface area contributed by atoms with Gasteiger partial charge in [-0.1, -0.05) is 23.7 Å². The number of likely N-dealkylation sites (N-methyl/N-ethyl adjacent to an activating group) is 2. The first-order valence-electron chi connectivity index (χ1n) is 6.74. The van der Waals surface area contributed by atoms with Crippen LogP contribution in [0.4, 0.5) is 0 Å². The average Bonchev–Trinajstić information content (AvgIpc) is 2.39. The summed E-state index contributed by atoms with van der Waals surface area (Å²) in [5.41, 5.74) is 0.625. The fourth-order valence-corrected chi connectivity index (χ4v) is 2.87. The summed E-state index contributed by atoms with van der Waals surface area (Å²) in [5.74, 6) is 0.0985. The van der Waals surface area contributed by atoms with Crippen LogP contribution in [0.1, 0.15) is 23.2 Å². The van der Waals surface area contributed by atoms with Crippen LogP contribution in [0, 0.1) is 0 Å². The van der Waals surface area contributed by atoms with Crippen molar-refractivity contribution in [2.75, 3.05) is 33.7 Å². The molecule has 4 heteroatoms. The molecular formula is C15H21ClN2O. The van der Waals surface area contributed by atoms with Gasteiger partial charge in [-0.3, -0.25) is 9.69 Å². The summed E-state index contributed by atoms with van der Waals surface area (Å²) in [6.45, 7) is 2.62. The molecule has 0 radical (unpaired) electrons. The summed E-state index contributed by atoms with van der Waals surface area (Å²) in [7, 11) is 4.16. The number of rotatable bonds is 4. The Bertz CT molecular complexity index is 450. The minimum atomic E-state index is 0.0985. The number of halogens is 1. The maximum Gasteiger partial charge on any atom is 0.178 e. The Morgan fingerprint density at radius 2 is 2.21 bits per heavy atom. The largest absolute Gasteiger partial charge is 0.305 e. The summed E-state index contributed by atoms with van der Waals surface area (Å²) in [6, 6.07) is 7.73. The molecule has 1 heterocycles. The molecule has 1 aromatic carbocycles. The van der Waals surface area contributed by atoms with E-state index in [-0.39, 0.29) is 5.78 Å². The van der Waals surface area contributed by atoms with Crippen LogP contribution in [0.2, 0.25) is 5.02 Å². The Hall–Kier alpha value is -0.900. The van der Waals surface area contributed by atoms with Gasteiger partial charge in [0, 0.05) is 18.2 Å². The molecule has 0 aromatic heterocycles. The minimum absolute atomic E-state index is 0.0985. The molecule has 1 fully saturated rings. The van der Waals surface area contributed by atoms with Crippen LogP contribution in [-0.2, 0) is 0 Å². The van der Waals surface area contributed by atoms with Gasteiger partial charge in [0.2, 0.25) is 0 Å². The average molecular weight is 281 g/mol. The van der Waals surface area contributed by atoms with Crippen molar-refractivity contribution < 1.29 is 4.79 Å². The predicted molar refractivity (Wildman–Crippen MR) is 78.9 cm³/mol. The second kappa shape index (κ2) is 6.51. The fraction of sp³-hybridized carbons (Fsp3) is 0.533. The van der Waals surface area contributed by atoms with Crippen molar-refractivity contribution in [3.05, 3.63) is 34.9 Å². The monoisotopic (exact) mass is 280 g/mol. The standard InChI is InChI=1S/C15H21ClN2O/c1-17-9-5-6-12(10-17)18(2)11-15(19)13-7-3-4-8-14(13)16/h3-4,7-8,12H,5-6,9-11H2,1-2H3. The second-order valence-electron chi connectivity index (χ2n) is 5.38.